The summed E-state index contributed by atoms with van der Waals surface area (Å²) in [4.78, 5) is 25.7. The standard InChI is InChI=1S/C19H13ClN4O2S/c1-11-10-27-19(23-11)22-9-15-13-4-2-3-5-14(13)17(25)24(18(15)26)16-7-6-12(20)8-21-16/h2-10,26H,1H3/b22-9+. The maximum Gasteiger partial charge on any atom is 0.267 e. The van der Waals surface area contributed by atoms with E-state index in [4.69, 9.17) is 11.6 Å². The number of aromatic hydroxyl groups is 1. The van der Waals surface area contributed by atoms with Gasteiger partial charge >= 0.3 is 0 Å². The normalized spacial score (nSPS) is 11.5. The summed E-state index contributed by atoms with van der Waals surface area (Å²) in [6.07, 6.45) is 2.94. The van der Waals surface area contributed by atoms with E-state index in [1.807, 2.05) is 12.3 Å². The topological polar surface area (TPSA) is 80.4 Å². The molecule has 1 aromatic carbocycles. The molecular formula is C19H13ClN4O2S. The molecule has 0 aliphatic heterocycles. The van der Waals surface area contributed by atoms with E-state index in [2.05, 4.69) is 15.0 Å². The molecule has 0 spiro atoms. The molecule has 0 radical (unpaired) electrons. The number of hydrogen-bond acceptors (Lipinski definition) is 6. The predicted molar refractivity (Wildman–Crippen MR) is 108 cm³/mol. The van der Waals surface area contributed by atoms with Crippen molar-refractivity contribution in [3.05, 3.63) is 74.6 Å². The Morgan fingerprint density at radius 3 is 2.67 bits per heavy atom. The molecule has 8 heteroatoms. The number of benzene rings is 1. The van der Waals surface area contributed by atoms with Crippen molar-refractivity contribution in [2.45, 2.75) is 6.92 Å². The Hall–Kier alpha value is -3.03. The van der Waals surface area contributed by atoms with E-state index in [9.17, 15) is 9.90 Å². The van der Waals surface area contributed by atoms with Crippen LogP contribution in [-0.2, 0) is 0 Å². The number of fused-ring (bicyclic) bond motifs is 1. The highest BCUT2D eigenvalue weighted by Gasteiger charge is 2.17. The molecule has 0 fully saturated rings. The molecule has 1 N–H and O–H groups in total. The van der Waals surface area contributed by atoms with Crippen LogP contribution in [0.2, 0.25) is 5.02 Å². The highest BCUT2D eigenvalue weighted by Crippen LogP contribution is 2.27. The number of thiazole rings is 1. The lowest BCUT2D eigenvalue weighted by Crippen LogP contribution is -2.21. The first-order valence-electron chi connectivity index (χ1n) is 7.99. The summed E-state index contributed by atoms with van der Waals surface area (Å²) in [6.45, 7) is 1.88. The Morgan fingerprint density at radius 1 is 1.22 bits per heavy atom. The third-order valence-corrected chi connectivity index (χ3v) is 5.05. The van der Waals surface area contributed by atoms with Crippen LogP contribution in [0.25, 0.3) is 16.6 Å². The zero-order valence-corrected chi connectivity index (χ0v) is 15.7. The van der Waals surface area contributed by atoms with Crippen LogP contribution < -0.4 is 5.56 Å². The Kier molecular flexibility index (Phi) is 4.47. The lowest BCUT2D eigenvalue weighted by molar-refractivity contribution is 0.435. The number of aryl methyl sites for hydroxylation is 1. The number of halogens is 1. The maximum atomic E-state index is 12.9. The number of hydrogen-bond donors (Lipinski definition) is 1. The third-order valence-electron chi connectivity index (χ3n) is 3.96. The monoisotopic (exact) mass is 396 g/mol. The second kappa shape index (κ2) is 6.94. The van der Waals surface area contributed by atoms with E-state index < -0.39 is 0 Å². The fraction of sp³-hybridized carbons (Fsp3) is 0.0526. The van der Waals surface area contributed by atoms with Crippen molar-refractivity contribution in [2.75, 3.05) is 0 Å². The SMILES string of the molecule is Cc1csc(/N=C/c2c(O)n(-c3ccc(Cl)cn3)c(=O)c3ccccc23)n1. The minimum Gasteiger partial charge on any atom is -0.494 e. The lowest BCUT2D eigenvalue weighted by Gasteiger charge is -2.12. The second-order valence-corrected chi connectivity index (χ2v) is 7.06. The van der Waals surface area contributed by atoms with Crippen LogP contribution in [0.3, 0.4) is 0 Å². The molecule has 4 rings (SSSR count). The summed E-state index contributed by atoms with van der Waals surface area (Å²) in [6, 6.07) is 10.2. The van der Waals surface area contributed by atoms with Gasteiger partial charge in [-0.15, -0.1) is 11.3 Å². The Balaban J connectivity index is 1.98. The van der Waals surface area contributed by atoms with E-state index in [1.165, 1.54) is 23.7 Å². The molecule has 0 unspecified atom stereocenters. The average Bonchev–Trinajstić information content (AvgIpc) is 3.08. The summed E-state index contributed by atoms with van der Waals surface area (Å²) in [5.41, 5.74) is 0.909. The second-order valence-electron chi connectivity index (χ2n) is 5.79. The van der Waals surface area contributed by atoms with Crippen molar-refractivity contribution < 1.29 is 5.11 Å². The number of rotatable bonds is 3. The van der Waals surface area contributed by atoms with Crippen molar-refractivity contribution in [3.8, 4) is 11.7 Å². The van der Waals surface area contributed by atoms with Gasteiger partial charge in [-0.2, -0.15) is 0 Å². The van der Waals surface area contributed by atoms with E-state index in [-0.39, 0.29) is 17.3 Å². The van der Waals surface area contributed by atoms with Gasteiger partial charge in [0.1, 0.15) is 5.82 Å². The first-order valence-corrected chi connectivity index (χ1v) is 9.25. The summed E-state index contributed by atoms with van der Waals surface area (Å²) in [7, 11) is 0. The van der Waals surface area contributed by atoms with Gasteiger partial charge in [0.15, 0.2) is 0 Å². The third kappa shape index (κ3) is 3.22. The highest BCUT2D eigenvalue weighted by atomic mass is 35.5. The fourth-order valence-corrected chi connectivity index (χ4v) is 3.47. The average molecular weight is 397 g/mol. The van der Waals surface area contributed by atoms with Crippen molar-refractivity contribution in [1.29, 1.82) is 0 Å². The molecule has 27 heavy (non-hydrogen) atoms. The summed E-state index contributed by atoms with van der Waals surface area (Å²) >= 11 is 7.28. The molecule has 0 saturated heterocycles. The summed E-state index contributed by atoms with van der Waals surface area (Å²) < 4.78 is 1.15. The molecule has 0 aliphatic carbocycles. The zero-order chi connectivity index (χ0) is 19.0. The Labute approximate surface area is 163 Å². The molecule has 0 amide bonds. The Bertz CT molecular complexity index is 1230. The molecule has 134 valence electrons. The van der Waals surface area contributed by atoms with E-state index in [0.29, 0.717) is 26.5 Å². The first-order chi connectivity index (χ1) is 13.0. The van der Waals surface area contributed by atoms with Gasteiger partial charge in [0.25, 0.3) is 5.56 Å². The smallest absolute Gasteiger partial charge is 0.267 e. The van der Waals surface area contributed by atoms with Gasteiger partial charge < -0.3 is 5.11 Å². The van der Waals surface area contributed by atoms with Gasteiger partial charge in [-0.25, -0.2) is 19.5 Å². The highest BCUT2D eigenvalue weighted by molar-refractivity contribution is 7.13. The van der Waals surface area contributed by atoms with Crippen LogP contribution in [0.1, 0.15) is 11.3 Å². The fourth-order valence-electron chi connectivity index (χ4n) is 2.72. The molecule has 0 bridgehead atoms. The van der Waals surface area contributed by atoms with Gasteiger partial charge in [0.2, 0.25) is 11.0 Å². The van der Waals surface area contributed by atoms with Crippen LogP contribution in [0.15, 0.2) is 57.8 Å². The number of aliphatic imine (C=N–C) groups is 1. The van der Waals surface area contributed by atoms with E-state index in [1.54, 1.807) is 36.4 Å². The maximum absolute atomic E-state index is 12.9. The molecule has 3 aromatic heterocycles. The molecule has 0 aliphatic rings. The van der Waals surface area contributed by atoms with Crippen LogP contribution in [0.4, 0.5) is 5.13 Å². The largest absolute Gasteiger partial charge is 0.494 e. The number of pyridine rings is 2. The van der Waals surface area contributed by atoms with Crippen molar-refractivity contribution in [1.82, 2.24) is 14.5 Å². The lowest BCUT2D eigenvalue weighted by atomic mass is 10.1. The first kappa shape index (κ1) is 17.4. The minimum absolute atomic E-state index is 0.245. The van der Waals surface area contributed by atoms with Crippen molar-refractivity contribution in [2.24, 2.45) is 4.99 Å². The van der Waals surface area contributed by atoms with Gasteiger partial charge in [-0.1, -0.05) is 29.8 Å². The van der Waals surface area contributed by atoms with Crippen molar-refractivity contribution >= 4 is 45.1 Å². The quantitative estimate of drug-likeness (QED) is 0.524. The van der Waals surface area contributed by atoms with E-state index in [0.717, 1.165) is 10.3 Å². The Morgan fingerprint density at radius 2 is 2.00 bits per heavy atom. The zero-order valence-electron chi connectivity index (χ0n) is 14.1. The molecule has 0 atom stereocenters. The van der Waals surface area contributed by atoms with Gasteiger partial charge in [0, 0.05) is 28.6 Å². The summed E-state index contributed by atoms with van der Waals surface area (Å²) in [5.74, 6) is 0.0259. The van der Waals surface area contributed by atoms with Gasteiger partial charge in [-0.05, 0) is 25.1 Å². The van der Waals surface area contributed by atoms with Crippen LogP contribution >= 0.6 is 22.9 Å². The molecule has 6 nitrogen and oxygen atoms in total. The molecule has 4 aromatic rings. The van der Waals surface area contributed by atoms with Gasteiger partial charge in [0.05, 0.1) is 16.3 Å². The van der Waals surface area contributed by atoms with Gasteiger partial charge in [-0.3, -0.25) is 4.79 Å². The van der Waals surface area contributed by atoms with Crippen LogP contribution in [-0.4, -0.2) is 25.9 Å². The van der Waals surface area contributed by atoms with Crippen LogP contribution in [0, 0.1) is 6.92 Å². The van der Waals surface area contributed by atoms with E-state index >= 15 is 0 Å². The minimum atomic E-state index is -0.375. The summed E-state index contributed by atoms with van der Waals surface area (Å²) in [5, 5.41) is 14.8. The molecule has 3 heterocycles. The van der Waals surface area contributed by atoms with Crippen LogP contribution in [0.5, 0.6) is 5.88 Å². The predicted octanol–water partition coefficient (Wildman–Crippen LogP) is 4.26. The number of aromatic nitrogens is 3. The molecular weight excluding hydrogens is 384 g/mol. The van der Waals surface area contributed by atoms with Crippen molar-refractivity contribution in [3.63, 3.8) is 0 Å². The molecule has 0 saturated carbocycles. The number of nitrogens with zero attached hydrogens (tertiary/aromatic N) is 4.